The molecule has 0 radical (unpaired) electrons. The zero-order valence-electron chi connectivity index (χ0n) is 16.7. The fraction of sp³-hybridized carbons (Fsp3) is 0.273. The molecule has 0 saturated heterocycles. The van der Waals surface area contributed by atoms with Gasteiger partial charge in [0.05, 0.1) is 10.5 Å². The molecule has 150 valence electrons. The maximum atomic E-state index is 11.4. The molecule has 1 unspecified atom stereocenters. The SMILES string of the molecule is CNC1(C2=CC=CC=CN2)C=CC2=C(C1)c1cc([N+](=O)[O-])ccc1C2(NC)NC. The molecule has 4 rings (SSSR count). The van der Waals surface area contributed by atoms with Crippen LogP contribution in [0.2, 0.25) is 0 Å². The highest BCUT2D eigenvalue weighted by atomic mass is 16.6. The van der Waals surface area contributed by atoms with Crippen molar-refractivity contribution in [3.05, 3.63) is 93.4 Å². The number of nitrogens with one attached hydrogen (secondary N) is 4. The van der Waals surface area contributed by atoms with Crippen LogP contribution in [-0.4, -0.2) is 31.6 Å². The van der Waals surface area contributed by atoms with Gasteiger partial charge in [-0.2, -0.15) is 0 Å². The number of hydrogen-bond acceptors (Lipinski definition) is 6. The van der Waals surface area contributed by atoms with Gasteiger partial charge in [0.15, 0.2) is 0 Å². The molecule has 1 aliphatic heterocycles. The molecule has 7 heteroatoms. The van der Waals surface area contributed by atoms with E-state index < -0.39 is 11.2 Å². The molecule has 1 atom stereocenters. The highest BCUT2D eigenvalue weighted by Gasteiger charge is 2.47. The zero-order chi connectivity index (χ0) is 20.6. The molecule has 0 saturated carbocycles. The third-order valence-corrected chi connectivity index (χ3v) is 6.16. The molecule has 7 nitrogen and oxygen atoms in total. The Labute approximate surface area is 170 Å². The van der Waals surface area contributed by atoms with E-state index in [1.165, 1.54) is 0 Å². The molecular formula is C22H25N5O2. The van der Waals surface area contributed by atoms with E-state index in [1.807, 2.05) is 51.6 Å². The number of nitro groups is 1. The third-order valence-electron chi connectivity index (χ3n) is 6.16. The zero-order valence-corrected chi connectivity index (χ0v) is 16.7. The van der Waals surface area contributed by atoms with Gasteiger partial charge in [0.1, 0.15) is 5.66 Å². The molecule has 1 aromatic rings. The lowest BCUT2D eigenvalue weighted by Gasteiger charge is -2.38. The van der Waals surface area contributed by atoms with Gasteiger partial charge in [0.25, 0.3) is 5.69 Å². The number of non-ortho nitro benzene ring substituents is 1. The van der Waals surface area contributed by atoms with Crippen molar-refractivity contribution in [2.75, 3.05) is 21.1 Å². The van der Waals surface area contributed by atoms with Crippen LogP contribution < -0.4 is 21.3 Å². The van der Waals surface area contributed by atoms with Crippen molar-refractivity contribution in [2.24, 2.45) is 0 Å². The summed E-state index contributed by atoms with van der Waals surface area (Å²) in [5, 5.41) is 25.1. The maximum Gasteiger partial charge on any atom is 0.270 e. The van der Waals surface area contributed by atoms with Crippen molar-refractivity contribution in [1.82, 2.24) is 21.3 Å². The molecule has 0 aromatic heterocycles. The van der Waals surface area contributed by atoms with Gasteiger partial charge in [0.2, 0.25) is 0 Å². The van der Waals surface area contributed by atoms with Crippen molar-refractivity contribution in [2.45, 2.75) is 17.6 Å². The number of nitro benzene ring substituents is 1. The molecule has 4 N–H and O–H groups in total. The molecular weight excluding hydrogens is 366 g/mol. The van der Waals surface area contributed by atoms with Crippen molar-refractivity contribution in [3.8, 4) is 0 Å². The summed E-state index contributed by atoms with van der Waals surface area (Å²) >= 11 is 0. The van der Waals surface area contributed by atoms with Gasteiger partial charge in [-0.05, 0) is 61.6 Å². The van der Waals surface area contributed by atoms with Gasteiger partial charge in [-0.3, -0.25) is 20.7 Å². The molecule has 1 aromatic carbocycles. The molecule has 29 heavy (non-hydrogen) atoms. The van der Waals surface area contributed by atoms with E-state index in [0.717, 1.165) is 28.0 Å². The Kier molecular flexibility index (Phi) is 4.74. The average molecular weight is 391 g/mol. The molecule has 0 bridgehead atoms. The first kappa shape index (κ1) is 19.3. The number of rotatable bonds is 5. The lowest BCUT2D eigenvalue weighted by molar-refractivity contribution is -0.384. The number of benzene rings is 1. The van der Waals surface area contributed by atoms with Gasteiger partial charge in [-0.15, -0.1) is 0 Å². The second kappa shape index (κ2) is 7.11. The Morgan fingerprint density at radius 2 is 1.90 bits per heavy atom. The maximum absolute atomic E-state index is 11.4. The molecule has 0 spiro atoms. The summed E-state index contributed by atoms with van der Waals surface area (Å²) in [6.45, 7) is 0. The molecule has 2 aliphatic carbocycles. The lowest BCUT2D eigenvalue weighted by atomic mass is 9.79. The predicted molar refractivity (Wildman–Crippen MR) is 115 cm³/mol. The Hall–Kier alpha value is -3.00. The summed E-state index contributed by atoms with van der Waals surface area (Å²) in [6, 6.07) is 5.11. The van der Waals surface area contributed by atoms with E-state index in [2.05, 4.69) is 39.5 Å². The minimum atomic E-state index is -0.582. The van der Waals surface area contributed by atoms with Crippen LogP contribution in [0.4, 0.5) is 5.69 Å². The highest BCUT2D eigenvalue weighted by molar-refractivity contribution is 5.85. The number of fused-ring (bicyclic) bond motifs is 2. The first-order valence-electron chi connectivity index (χ1n) is 9.61. The normalized spacial score (nSPS) is 23.9. The molecule has 0 amide bonds. The second-order valence-corrected chi connectivity index (χ2v) is 7.33. The summed E-state index contributed by atoms with van der Waals surface area (Å²) in [5.74, 6) is 0. The van der Waals surface area contributed by atoms with Crippen LogP contribution in [0.5, 0.6) is 0 Å². The quantitative estimate of drug-likeness (QED) is 0.350. The van der Waals surface area contributed by atoms with Gasteiger partial charge in [0, 0.05) is 30.5 Å². The molecule has 0 fully saturated rings. The Morgan fingerprint density at radius 1 is 1.10 bits per heavy atom. The first-order valence-corrected chi connectivity index (χ1v) is 9.61. The van der Waals surface area contributed by atoms with Crippen molar-refractivity contribution >= 4 is 11.3 Å². The second-order valence-electron chi connectivity index (χ2n) is 7.33. The molecule has 3 aliphatic rings. The Balaban J connectivity index is 1.88. The fourth-order valence-corrected chi connectivity index (χ4v) is 4.61. The van der Waals surface area contributed by atoms with E-state index >= 15 is 0 Å². The largest absolute Gasteiger partial charge is 0.363 e. The number of allylic oxidation sites excluding steroid dienone is 4. The van der Waals surface area contributed by atoms with Gasteiger partial charge < -0.3 is 10.6 Å². The minimum Gasteiger partial charge on any atom is -0.363 e. The Morgan fingerprint density at radius 3 is 2.59 bits per heavy atom. The Bertz CT molecular complexity index is 1010. The lowest BCUT2D eigenvalue weighted by Crippen LogP contribution is -2.52. The summed E-state index contributed by atoms with van der Waals surface area (Å²) in [7, 11) is 5.73. The fourth-order valence-electron chi connectivity index (χ4n) is 4.61. The van der Waals surface area contributed by atoms with Crippen LogP contribution in [0.3, 0.4) is 0 Å². The van der Waals surface area contributed by atoms with Crippen molar-refractivity contribution in [1.29, 1.82) is 0 Å². The van der Waals surface area contributed by atoms with E-state index in [1.54, 1.807) is 12.1 Å². The topological polar surface area (TPSA) is 91.3 Å². The van der Waals surface area contributed by atoms with E-state index in [4.69, 9.17) is 0 Å². The first-order chi connectivity index (χ1) is 14.0. The highest BCUT2D eigenvalue weighted by Crippen LogP contribution is 2.50. The summed E-state index contributed by atoms with van der Waals surface area (Å²) < 4.78 is 0. The summed E-state index contributed by atoms with van der Waals surface area (Å²) in [5.41, 5.74) is 4.17. The van der Waals surface area contributed by atoms with Crippen LogP contribution in [-0.2, 0) is 5.66 Å². The number of hydrogen-bond donors (Lipinski definition) is 4. The van der Waals surface area contributed by atoms with Crippen molar-refractivity contribution in [3.63, 3.8) is 0 Å². The van der Waals surface area contributed by atoms with E-state index in [0.29, 0.717) is 6.42 Å². The van der Waals surface area contributed by atoms with Gasteiger partial charge >= 0.3 is 0 Å². The predicted octanol–water partition coefficient (Wildman–Crippen LogP) is 2.43. The van der Waals surface area contributed by atoms with Crippen LogP contribution >= 0.6 is 0 Å². The minimum absolute atomic E-state index is 0.0980. The molecule has 1 heterocycles. The summed E-state index contributed by atoms with van der Waals surface area (Å²) in [4.78, 5) is 11.1. The van der Waals surface area contributed by atoms with Crippen LogP contribution in [0.25, 0.3) is 5.57 Å². The van der Waals surface area contributed by atoms with Crippen molar-refractivity contribution < 1.29 is 4.92 Å². The van der Waals surface area contributed by atoms with Crippen LogP contribution in [0, 0.1) is 10.1 Å². The third kappa shape index (κ3) is 2.78. The van der Waals surface area contributed by atoms with E-state index in [-0.39, 0.29) is 10.6 Å². The van der Waals surface area contributed by atoms with Crippen LogP contribution in [0.15, 0.2) is 72.1 Å². The summed E-state index contributed by atoms with van der Waals surface area (Å²) in [6.07, 6.45) is 14.8. The number of likely N-dealkylation sites (N-methyl/N-ethyl adjacent to an activating group) is 3. The van der Waals surface area contributed by atoms with Crippen LogP contribution in [0.1, 0.15) is 17.5 Å². The monoisotopic (exact) mass is 391 g/mol. The van der Waals surface area contributed by atoms with E-state index in [9.17, 15) is 10.1 Å². The standard InChI is InChI=1S/C22H25N5O2/c1-23-21(20-7-5-4-6-12-26-20)11-10-19-17(14-21)16-13-15(27(28)29)8-9-18(16)22(19,24-2)25-3/h4-13,23-26H,14H2,1-3H3. The smallest absolute Gasteiger partial charge is 0.270 e. The van der Waals surface area contributed by atoms with Gasteiger partial charge in [-0.1, -0.05) is 24.3 Å². The number of nitrogens with zero attached hydrogens (tertiary/aromatic N) is 1. The average Bonchev–Trinajstić information content (AvgIpc) is 2.90. The van der Waals surface area contributed by atoms with Gasteiger partial charge in [-0.25, -0.2) is 0 Å².